The molecule has 4 rings (SSSR count). The summed E-state index contributed by atoms with van der Waals surface area (Å²) < 4.78 is 5.80. The Morgan fingerprint density at radius 2 is 1.58 bits per heavy atom. The van der Waals surface area contributed by atoms with E-state index in [1.54, 1.807) is 42.6 Å². The zero-order chi connectivity index (χ0) is 21.6. The molecule has 3 aromatic rings. The third-order valence-electron chi connectivity index (χ3n) is 4.93. The van der Waals surface area contributed by atoms with Crippen molar-refractivity contribution < 1.29 is 19.1 Å². The van der Waals surface area contributed by atoms with Gasteiger partial charge in [-0.05, 0) is 36.2 Å². The van der Waals surface area contributed by atoms with Crippen LogP contribution in [0.5, 0.6) is 5.75 Å². The molecule has 7 heteroatoms. The maximum absolute atomic E-state index is 12.4. The lowest BCUT2D eigenvalue weighted by Crippen LogP contribution is -2.31. The smallest absolute Gasteiger partial charge is 0.261 e. The number of rotatable bonds is 8. The van der Waals surface area contributed by atoms with Gasteiger partial charge in [0.1, 0.15) is 6.61 Å². The highest BCUT2D eigenvalue weighted by Crippen LogP contribution is 2.24. The molecule has 0 atom stereocenters. The zero-order valence-electron chi connectivity index (χ0n) is 16.8. The van der Waals surface area contributed by atoms with Gasteiger partial charge in [-0.1, -0.05) is 42.5 Å². The average Bonchev–Trinajstić information content (AvgIpc) is 3.04. The molecular weight excluding hydrogens is 394 g/mol. The number of ether oxygens (including phenoxy) is 1. The minimum Gasteiger partial charge on any atom is -0.485 e. The van der Waals surface area contributed by atoms with Crippen molar-refractivity contribution >= 4 is 23.5 Å². The summed E-state index contributed by atoms with van der Waals surface area (Å²) in [4.78, 5) is 42.5. The van der Waals surface area contributed by atoms with Crippen LogP contribution in [-0.4, -0.2) is 34.2 Å². The molecule has 2 aromatic carbocycles. The monoisotopic (exact) mass is 415 g/mol. The van der Waals surface area contributed by atoms with E-state index < -0.39 is 0 Å². The van der Waals surface area contributed by atoms with Gasteiger partial charge in [-0.25, -0.2) is 4.98 Å². The van der Waals surface area contributed by atoms with Gasteiger partial charge in [0.2, 0.25) is 5.91 Å². The predicted octanol–water partition coefficient (Wildman–Crippen LogP) is 3.68. The van der Waals surface area contributed by atoms with Gasteiger partial charge in [0, 0.05) is 19.2 Å². The Kier molecular flexibility index (Phi) is 6.03. The molecule has 1 aliphatic heterocycles. The second-order valence-corrected chi connectivity index (χ2v) is 7.08. The number of carbonyl (C=O) groups excluding carboxylic acids is 3. The van der Waals surface area contributed by atoms with Crippen LogP contribution in [0.2, 0.25) is 0 Å². The molecule has 1 aromatic heterocycles. The number of fused-ring (bicyclic) bond motifs is 1. The maximum atomic E-state index is 12.4. The SMILES string of the molecule is O=C(CCCN1C(=O)c2ccccc2C1=O)Nc1ncccc1OCc1ccccc1. The van der Waals surface area contributed by atoms with Crippen LogP contribution in [0, 0.1) is 0 Å². The highest BCUT2D eigenvalue weighted by molar-refractivity contribution is 6.21. The van der Waals surface area contributed by atoms with Crippen LogP contribution in [0.4, 0.5) is 5.82 Å². The fourth-order valence-electron chi connectivity index (χ4n) is 3.37. The molecule has 0 saturated heterocycles. The summed E-state index contributed by atoms with van der Waals surface area (Å²) in [6.07, 6.45) is 2.07. The fourth-order valence-corrected chi connectivity index (χ4v) is 3.37. The van der Waals surface area contributed by atoms with Gasteiger partial charge < -0.3 is 10.1 Å². The molecule has 31 heavy (non-hydrogen) atoms. The van der Waals surface area contributed by atoms with E-state index in [1.807, 2.05) is 30.3 Å². The second-order valence-electron chi connectivity index (χ2n) is 7.08. The minimum atomic E-state index is -0.317. The summed E-state index contributed by atoms with van der Waals surface area (Å²) in [6, 6.07) is 19.9. The molecule has 7 nitrogen and oxygen atoms in total. The lowest BCUT2D eigenvalue weighted by Gasteiger charge is -2.14. The van der Waals surface area contributed by atoms with Crippen LogP contribution < -0.4 is 10.1 Å². The molecule has 0 bridgehead atoms. The first-order chi connectivity index (χ1) is 15.1. The Balaban J connectivity index is 1.30. The molecule has 3 amide bonds. The molecule has 0 spiro atoms. The van der Waals surface area contributed by atoms with Gasteiger partial charge in [-0.15, -0.1) is 0 Å². The number of hydrogen-bond donors (Lipinski definition) is 1. The number of benzene rings is 2. The number of hydrogen-bond acceptors (Lipinski definition) is 5. The van der Waals surface area contributed by atoms with Crippen molar-refractivity contribution in [3.63, 3.8) is 0 Å². The van der Waals surface area contributed by atoms with E-state index in [1.165, 1.54) is 4.90 Å². The van der Waals surface area contributed by atoms with Crippen molar-refractivity contribution in [3.05, 3.63) is 89.6 Å². The van der Waals surface area contributed by atoms with Crippen molar-refractivity contribution in [2.75, 3.05) is 11.9 Å². The van der Waals surface area contributed by atoms with Crippen LogP contribution >= 0.6 is 0 Å². The first-order valence-electron chi connectivity index (χ1n) is 10.0. The van der Waals surface area contributed by atoms with Crippen LogP contribution in [0.1, 0.15) is 39.1 Å². The predicted molar refractivity (Wildman–Crippen MR) is 115 cm³/mol. The van der Waals surface area contributed by atoms with E-state index >= 15 is 0 Å². The van der Waals surface area contributed by atoms with E-state index in [0.717, 1.165) is 5.56 Å². The number of nitrogens with one attached hydrogen (secondary N) is 1. The molecular formula is C24H21N3O4. The van der Waals surface area contributed by atoms with Crippen molar-refractivity contribution in [1.82, 2.24) is 9.88 Å². The van der Waals surface area contributed by atoms with E-state index in [0.29, 0.717) is 35.7 Å². The lowest BCUT2D eigenvalue weighted by atomic mass is 10.1. The van der Waals surface area contributed by atoms with Crippen molar-refractivity contribution in [2.45, 2.75) is 19.4 Å². The number of anilines is 1. The number of aromatic nitrogens is 1. The van der Waals surface area contributed by atoms with Crippen LogP contribution in [-0.2, 0) is 11.4 Å². The first kappa shape index (κ1) is 20.3. The highest BCUT2D eigenvalue weighted by Gasteiger charge is 2.34. The van der Waals surface area contributed by atoms with Gasteiger partial charge in [-0.2, -0.15) is 0 Å². The van der Waals surface area contributed by atoms with Gasteiger partial charge >= 0.3 is 0 Å². The van der Waals surface area contributed by atoms with Crippen molar-refractivity contribution in [3.8, 4) is 5.75 Å². The summed E-state index contributed by atoms with van der Waals surface area (Å²) in [6.45, 7) is 0.536. The van der Waals surface area contributed by atoms with Crippen LogP contribution in [0.15, 0.2) is 72.9 Å². The molecule has 0 unspecified atom stereocenters. The summed E-state index contributed by atoms with van der Waals surface area (Å²) in [5, 5.41) is 2.75. The average molecular weight is 415 g/mol. The Morgan fingerprint density at radius 3 is 2.29 bits per heavy atom. The molecule has 1 N–H and O–H groups in total. The Labute approximate surface area is 179 Å². The Morgan fingerprint density at radius 1 is 0.903 bits per heavy atom. The zero-order valence-corrected chi connectivity index (χ0v) is 16.8. The van der Waals surface area contributed by atoms with Crippen molar-refractivity contribution in [1.29, 1.82) is 0 Å². The maximum Gasteiger partial charge on any atom is 0.261 e. The van der Waals surface area contributed by atoms with E-state index in [9.17, 15) is 14.4 Å². The fraction of sp³-hybridized carbons (Fsp3) is 0.167. The molecule has 0 saturated carbocycles. The molecule has 0 aliphatic carbocycles. The number of pyridine rings is 1. The van der Waals surface area contributed by atoms with E-state index in [4.69, 9.17) is 4.74 Å². The van der Waals surface area contributed by atoms with Gasteiger partial charge in [-0.3, -0.25) is 19.3 Å². The topological polar surface area (TPSA) is 88.6 Å². The quantitative estimate of drug-likeness (QED) is 0.567. The van der Waals surface area contributed by atoms with E-state index in [-0.39, 0.29) is 30.7 Å². The summed E-state index contributed by atoms with van der Waals surface area (Å²) in [7, 11) is 0. The number of nitrogens with zero attached hydrogens (tertiary/aromatic N) is 2. The number of imide groups is 1. The molecule has 0 radical (unpaired) electrons. The third-order valence-corrected chi connectivity index (χ3v) is 4.93. The van der Waals surface area contributed by atoms with Crippen LogP contribution in [0.3, 0.4) is 0 Å². The Bertz CT molecular complexity index is 1080. The van der Waals surface area contributed by atoms with Gasteiger partial charge in [0.05, 0.1) is 11.1 Å². The standard InChI is InChI=1S/C24H21N3O4/c28-21(13-7-15-27-23(29)18-10-4-5-11-19(18)24(27)30)26-22-20(12-6-14-25-22)31-16-17-8-2-1-3-9-17/h1-6,8-12,14H,7,13,15-16H2,(H,25,26,28). The summed E-state index contributed by atoms with van der Waals surface area (Å²) >= 11 is 0. The van der Waals surface area contributed by atoms with Crippen LogP contribution in [0.25, 0.3) is 0 Å². The summed E-state index contributed by atoms with van der Waals surface area (Å²) in [5.74, 6) is -0.0891. The summed E-state index contributed by atoms with van der Waals surface area (Å²) in [5.41, 5.74) is 1.82. The molecule has 0 fully saturated rings. The normalized spacial score (nSPS) is 12.6. The van der Waals surface area contributed by atoms with Gasteiger partial charge in [0.15, 0.2) is 11.6 Å². The van der Waals surface area contributed by atoms with E-state index in [2.05, 4.69) is 10.3 Å². The second kappa shape index (κ2) is 9.21. The van der Waals surface area contributed by atoms with Gasteiger partial charge in [0.25, 0.3) is 11.8 Å². The molecule has 2 heterocycles. The number of carbonyl (C=O) groups is 3. The minimum absolute atomic E-state index is 0.141. The third kappa shape index (κ3) is 4.61. The first-order valence-corrected chi connectivity index (χ1v) is 10.0. The molecule has 1 aliphatic rings. The Hall–Kier alpha value is -4.00. The molecule has 156 valence electrons. The number of amides is 3. The highest BCUT2D eigenvalue weighted by atomic mass is 16.5. The van der Waals surface area contributed by atoms with Crippen molar-refractivity contribution in [2.24, 2.45) is 0 Å². The largest absolute Gasteiger partial charge is 0.485 e. The lowest BCUT2D eigenvalue weighted by molar-refractivity contribution is -0.116.